The van der Waals surface area contributed by atoms with Crippen molar-refractivity contribution in [2.24, 2.45) is 0 Å². The van der Waals surface area contributed by atoms with Gasteiger partial charge in [0.15, 0.2) is 6.10 Å². The first-order chi connectivity index (χ1) is 14.0. The van der Waals surface area contributed by atoms with Gasteiger partial charge in [-0.25, -0.2) is 4.79 Å². The van der Waals surface area contributed by atoms with E-state index in [0.29, 0.717) is 17.9 Å². The summed E-state index contributed by atoms with van der Waals surface area (Å²) in [6, 6.07) is 21.1. The first-order valence-corrected chi connectivity index (χ1v) is 9.60. The second kappa shape index (κ2) is 9.24. The van der Waals surface area contributed by atoms with Crippen LogP contribution < -0.4 is 10.1 Å². The molecule has 1 N–H and O–H groups in total. The Morgan fingerprint density at radius 3 is 2.21 bits per heavy atom. The normalized spacial score (nSPS) is 12.8. The standard InChI is InChI=1S/C24H25NO4/c1-16(18-9-5-4-6-10-18)15-25-23(26)17(2)29-24(27)21-13-19-11-7-8-12-20(19)14-22(21)28-3/h4-14,16-17H,15H2,1-3H3,(H,25,26)/t16-,17-/m0/s1. The lowest BCUT2D eigenvalue weighted by molar-refractivity contribution is -0.129. The van der Waals surface area contributed by atoms with Crippen molar-refractivity contribution in [1.29, 1.82) is 0 Å². The third-order valence-electron chi connectivity index (χ3n) is 4.89. The van der Waals surface area contributed by atoms with Gasteiger partial charge in [0.25, 0.3) is 5.91 Å². The second-order valence-corrected chi connectivity index (χ2v) is 7.00. The number of carbonyl (C=O) groups excluding carboxylic acids is 2. The molecule has 3 aromatic rings. The average Bonchev–Trinajstić information content (AvgIpc) is 2.76. The van der Waals surface area contributed by atoms with E-state index >= 15 is 0 Å². The molecule has 0 radical (unpaired) electrons. The average molecular weight is 391 g/mol. The van der Waals surface area contributed by atoms with Gasteiger partial charge >= 0.3 is 5.97 Å². The Morgan fingerprint density at radius 1 is 0.931 bits per heavy atom. The van der Waals surface area contributed by atoms with Crippen LogP contribution in [0.15, 0.2) is 66.7 Å². The molecule has 150 valence electrons. The summed E-state index contributed by atoms with van der Waals surface area (Å²) in [5.74, 6) is -0.352. The summed E-state index contributed by atoms with van der Waals surface area (Å²) in [4.78, 5) is 25.1. The van der Waals surface area contributed by atoms with Gasteiger partial charge in [-0.3, -0.25) is 4.79 Å². The lowest BCUT2D eigenvalue weighted by atomic mass is 10.0. The summed E-state index contributed by atoms with van der Waals surface area (Å²) in [5.41, 5.74) is 1.43. The molecule has 3 aromatic carbocycles. The van der Waals surface area contributed by atoms with Gasteiger partial charge < -0.3 is 14.8 Å². The van der Waals surface area contributed by atoms with Crippen LogP contribution in [0.25, 0.3) is 10.8 Å². The van der Waals surface area contributed by atoms with Crippen LogP contribution in [0.4, 0.5) is 0 Å². The van der Waals surface area contributed by atoms with E-state index in [-0.39, 0.29) is 11.8 Å². The number of benzene rings is 3. The van der Waals surface area contributed by atoms with Gasteiger partial charge in [-0.1, -0.05) is 61.5 Å². The van der Waals surface area contributed by atoms with Gasteiger partial charge in [-0.05, 0) is 41.3 Å². The lowest BCUT2D eigenvalue weighted by Gasteiger charge is -2.17. The molecule has 5 nitrogen and oxygen atoms in total. The van der Waals surface area contributed by atoms with E-state index in [1.807, 2.05) is 61.5 Å². The van der Waals surface area contributed by atoms with Gasteiger partial charge in [-0.15, -0.1) is 0 Å². The molecule has 0 fully saturated rings. The van der Waals surface area contributed by atoms with E-state index in [1.54, 1.807) is 19.1 Å². The summed E-state index contributed by atoms with van der Waals surface area (Å²) >= 11 is 0. The van der Waals surface area contributed by atoms with Crippen LogP contribution in [0, 0.1) is 0 Å². The molecule has 0 spiro atoms. The van der Waals surface area contributed by atoms with E-state index in [4.69, 9.17) is 9.47 Å². The fourth-order valence-electron chi connectivity index (χ4n) is 3.12. The molecule has 0 saturated carbocycles. The number of ether oxygens (including phenoxy) is 2. The molecule has 0 aromatic heterocycles. The molecule has 0 unspecified atom stereocenters. The SMILES string of the molecule is COc1cc2ccccc2cc1C(=O)O[C@@H](C)C(=O)NC[C@H](C)c1ccccc1. The van der Waals surface area contributed by atoms with Crippen molar-refractivity contribution in [3.05, 3.63) is 77.9 Å². The Labute approximate surface area is 170 Å². The maximum atomic E-state index is 12.7. The molecule has 2 atom stereocenters. The molecular formula is C24H25NO4. The summed E-state index contributed by atoms with van der Waals surface area (Å²) in [6.45, 7) is 4.06. The number of nitrogens with one attached hydrogen (secondary N) is 1. The van der Waals surface area contributed by atoms with E-state index in [0.717, 1.165) is 16.3 Å². The van der Waals surface area contributed by atoms with E-state index in [1.165, 1.54) is 7.11 Å². The Bertz CT molecular complexity index is 1000. The number of carbonyl (C=O) groups is 2. The maximum Gasteiger partial charge on any atom is 0.342 e. The van der Waals surface area contributed by atoms with Gasteiger partial charge in [0.2, 0.25) is 0 Å². The highest BCUT2D eigenvalue weighted by atomic mass is 16.5. The Morgan fingerprint density at radius 2 is 1.55 bits per heavy atom. The molecule has 0 aliphatic carbocycles. The lowest BCUT2D eigenvalue weighted by Crippen LogP contribution is -2.37. The van der Waals surface area contributed by atoms with Gasteiger partial charge in [0.05, 0.1) is 7.11 Å². The monoisotopic (exact) mass is 391 g/mol. The first-order valence-electron chi connectivity index (χ1n) is 9.60. The molecule has 3 rings (SSSR count). The topological polar surface area (TPSA) is 64.6 Å². The summed E-state index contributed by atoms with van der Waals surface area (Å²) in [6.07, 6.45) is -0.915. The van der Waals surface area contributed by atoms with Crippen LogP contribution in [-0.4, -0.2) is 31.6 Å². The van der Waals surface area contributed by atoms with Crippen molar-refractivity contribution >= 4 is 22.6 Å². The molecule has 0 saturated heterocycles. The van der Waals surface area contributed by atoms with Gasteiger partial charge in [0.1, 0.15) is 11.3 Å². The third-order valence-corrected chi connectivity index (χ3v) is 4.89. The van der Waals surface area contributed by atoms with Crippen LogP contribution >= 0.6 is 0 Å². The highest BCUT2D eigenvalue weighted by Crippen LogP contribution is 2.27. The number of hydrogen-bond donors (Lipinski definition) is 1. The predicted molar refractivity (Wildman–Crippen MR) is 113 cm³/mol. The fourth-order valence-corrected chi connectivity index (χ4v) is 3.12. The van der Waals surface area contributed by atoms with Crippen molar-refractivity contribution in [2.75, 3.05) is 13.7 Å². The smallest absolute Gasteiger partial charge is 0.342 e. The Kier molecular flexibility index (Phi) is 6.50. The molecule has 0 heterocycles. The second-order valence-electron chi connectivity index (χ2n) is 7.00. The summed E-state index contributed by atoms with van der Waals surface area (Å²) < 4.78 is 10.7. The van der Waals surface area contributed by atoms with Crippen molar-refractivity contribution in [1.82, 2.24) is 5.32 Å². The maximum absolute atomic E-state index is 12.7. The van der Waals surface area contributed by atoms with Crippen LogP contribution in [0.3, 0.4) is 0 Å². The van der Waals surface area contributed by atoms with Gasteiger partial charge in [0, 0.05) is 6.54 Å². The van der Waals surface area contributed by atoms with Crippen molar-refractivity contribution in [3.8, 4) is 5.75 Å². The summed E-state index contributed by atoms with van der Waals surface area (Å²) in [5, 5.41) is 4.71. The van der Waals surface area contributed by atoms with Crippen LogP contribution in [0.1, 0.15) is 35.7 Å². The molecular weight excluding hydrogens is 366 g/mol. The summed E-state index contributed by atoms with van der Waals surface area (Å²) in [7, 11) is 1.50. The minimum atomic E-state index is -0.915. The van der Waals surface area contributed by atoms with Crippen LogP contribution in [0.5, 0.6) is 5.75 Å². The Balaban J connectivity index is 1.64. The van der Waals surface area contributed by atoms with Crippen LogP contribution in [0.2, 0.25) is 0 Å². The molecule has 1 amide bonds. The largest absolute Gasteiger partial charge is 0.496 e. The highest BCUT2D eigenvalue weighted by Gasteiger charge is 2.22. The third kappa shape index (κ3) is 4.93. The van der Waals surface area contributed by atoms with Crippen molar-refractivity contribution in [2.45, 2.75) is 25.9 Å². The fraction of sp³-hybridized carbons (Fsp3) is 0.250. The highest BCUT2D eigenvalue weighted by molar-refractivity contribution is 5.99. The quantitative estimate of drug-likeness (QED) is 0.610. The predicted octanol–water partition coefficient (Wildman–Crippen LogP) is 4.31. The number of esters is 1. The zero-order valence-corrected chi connectivity index (χ0v) is 16.8. The van der Waals surface area contributed by atoms with E-state index in [9.17, 15) is 9.59 Å². The molecule has 29 heavy (non-hydrogen) atoms. The number of amides is 1. The Hall–Kier alpha value is -3.34. The first kappa shape index (κ1) is 20.4. The van der Waals surface area contributed by atoms with E-state index < -0.39 is 12.1 Å². The zero-order chi connectivity index (χ0) is 20.8. The van der Waals surface area contributed by atoms with Crippen molar-refractivity contribution in [3.63, 3.8) is 0 Å². The number of methoxy groups -OCH3 is 1. The molecule has 0 aliphatic rings. The van der Waals surface area contributed by atoms with Crippen LogP contribution in [-0.2, 0) is 9.53 Å². The number of rotatable bonds is 7. The van der Waals surface area contributed by atoms with Crippen molar-refractivity contribution < 1.29 is 19.1 Å². The zero-order valence-electron chi connectivity index (χ0n) is 16.8. The molecule has 0 bridgehead atoms. The molecule has 5 heteroatoms. The minimum absolute atomic E-state index is 0.156. The number of hydrogen-bond acceptors (Lipinski definition) is 4. The molecule has 0 aliphatic heterocycles. The van der Waals surface area contributed by atoms with E-state index in [2.05, 4.69) is 5.32 Å². The van der Waals surface area contributed by atoms with Gasteiger partial charge in [-0.2, -0.15) is 0 Å². The number of fused-ring (bicyclic) bond motifs is 1. The minimum Gasteiger partial charge on any atom is -0.496 e.